The van der Waals surface area contributed by atoms with Gasteiger partial charge in [-0.1, -0.05) is 206 Å². The first kappa shape index (κ1) is 62.9. The van der Waals surface area contributed by atoms with E-state index in [4.69, 9.17) is 24.3 Å². The molecule has 66 heavy (non-hydrogen) atoms. The summed E-state index contributed by atoms with van der Waals surface area (Å²) in [6.45, 7) is 4.61. The van der Waals surface area contributed by atoms with Gasteiger partial charge in [0.25, 0.3) is 0 Å². The van der Waals surface area contributed by atoms with Crippen molar-refractivity contribution in [3.8, 4) is 0 Å². The van der Waals surface area contributed by atoms with E-state index in [2.05, 4.69) is 135 Å². The lowest BCUT2D eigenvalue weighted by molar-refractivity contribution is -0.154. The molecule has 3 N–H and O–H groups in total. The third-order valence-corrected chi connectivity index (χ3v) is 11.4. The van der Waals surface area contributed by atoms with Crippen molar-refractivity contribution in [2.24, 2.45) is 5.73 Å². The van der Waals surface area contributed by atoms with Crippen LogP contribution in [0.25, 0.3) is 0 Å². The van der Waals surface area contributed by atoms with E-state index in [1.165, 1.54) is 77.0 Å². The molecule has 0 rings (SSSR count). The summed E-state index contributed by atoms with van der Waals surface area (Å²) in [6.07, 6.45) is 73.8. The van der Waals surface area contributed by atoms with E-state index in [0.717, 1.165) is 89.9 Å². The highest BCUT2D eigenvalue weighted by atomic mass is 31.2. The van der Waals surface area contributed by atoms with Gasteiger partial charge in [-0.3, -0.25) is 13.8 Å². The van der Waals surface area contributed by atoms with Gasteiger partial charge in [-0.05, 0) is 103 Å². The molecule has 0 aliphatic heterocycles. The summed E-state index contributed by atoms with van der Waals surface area (Å²) in [5, 5.41) is 0. The Kier molecular flexibility index (Phi) is 50.4. The predicted octanol–water partition coefficient (Wildman–Crippen LogP) is 16.5. The van der Waals surface area contributed by atoms with Crippen LogP contribution in [0.5, 0.6) is 0 Å². The minimum absolute atomic E-state index is 0.0863. The van der Waals surface area contributed by atoms with Gasteiger partial charge >= 0.3 is 13.8 Å². The van der Waals surface area contributed by atoms with Crippen LogP contribution in [0.3, 0.4) is 0 Å². The third-order valence-electron chi connectivity index (χ3n) is 10.4. The molecular formula is C57H96NO7P. The molecule has 9 heteroatoms. The summed E-state index contributed by atoms with van der Waals surface area (Å²) in [7, 11) is -4.31. The van der Waals surface area contributed by atoms with E-state index in [0.29, 0.717) is 13.0 Å². The Morgan fingerprint density at radius 3 is 1.20 bits per heavy atom. The number of phosphoric acid groups is 1. The van der Waals surface area contributed by atoms with Crippen molar-refractivity contribution >= 4 is 13.8 Å². The second-order valence-corrected chi connectivity index (χ2v) is 18.1. The SMILES string of the molecule is CC/C=C\C/C=C\C/C=C\C/C=C\C/C=C\C/C=C\CCCCC(=O)OC(COCCCCCCCCCCCCCCC/C=C\C/C=C\C/C=C\C/C=C\CC)COP(=O)(O)OCCN. The van der Waals surface area contributed by atoms with E-state index in [9.17, 15) is 14.3 Å². The fourth-order valence-electron chi connectivity index (χ4n) is 6.64. The second kappa shape index (κ2) is 52.9. The molecule has 0 aromatic carbocycles. The van der Waals surface area contributed by atoms with E-state index >= 15 is 0 Å². The smallest absolute Gasteiger partial charge is 0.457 e. The van der Waals surface area contributed by atoms with E-state index in [1.54, 1.807) is 0 Å². The van der Waals surface area contributed by atoms with Crippen LogP contribution in [-0.4, -0.2) is 49.9 Å². The average Bonchev–Trinajstić information content (AvgIpc) is 3.31. The molecule has 0 aliphatic rings. The number of hydrogen-bond donors (Lipinski definition) is 2. The van der Waals surface area contributed by atoms with Crippen molar-refractivity contribution in [3.63, 3.8) is 0 Å². The zero-order chi connectivity index (χ0) is 48.0. The number of nitrogens with two attached hydrogens (primary N) is 1. The molecule has 0 aromatic heterocycles. The Morgan fingerprint density at radius 1 is 0.455 bits per heavy atom. The van der Waals surface area contributed by atoms with Crippen LogP contribution in [-0.2, 0) is 27.9 Å². The molecule has 2 atom stereocenters. The quantitative estimate of drug-likeness (QED) is 0.0268. The lowest BCUT2D eigenvalue weighted by atomic mass is 10.0. The fraction of sp³-hybridized carbons (Fsp3) is 0.632. The van der Waals surface area contributed by atoms with Gasteiger partial charge in [-0.15, -0.1) is 0 Å². The maximum atomic E-state index is 12.6. The van der Waals surface area contributed by atoms with Gasteiger partial charge in [0.1, 0.15) is 6.10 Å². The zero-order valence-electron chi connectivity index (χ0n) is 41.9. The number of rotatable bonds is 48. The molecule has 0 spiro atoms. The Balaban J connectivity index is 4.03. The predicted molar refractivity (Wildman–Crippen MR) is 284 cm³/mol. The van der Waals surface area contributed by atoms with Crippen molar-refractivity contribution in [2.75, 3.05) is 33.0 Å². The molecule has 8 nitrogen and oxygen atoms in total. The maximum absolute atomic E-state index is 12.6. The van der Waals surface area contributed by atoms with Crippen LogP contribution in [0.4, 0.5) is 0 Å². The number of esters is 1. The van der Waals surface area contributed by atoms with Crippen molar-refractivity contribution in [3.05, 3.63) is 122 Å². The molecule has 0 bridgehead atoms. The van der Waals surface area contributed by atoms with Gasteiger partial charge in [0.15, 0.2) is 0 Å². The molecule has 0 heterocycles. The van der Waals surface area contributed by atoms with E-state index < -0.39 is 13.9 Å². The van der Waals surface area contributed by atoms with Crippen molar-refractivity contribution in [2.45, 2.75) is 200 Å². The first-order valence-electron chi connectivity index (χ1n) is 26.0. The highest BCUT2D eigenvalue weighted by molar-refractivity contribution is 7.47. The highest BCUT2D eigenvalue weighted by Gasteiger charge is 2.25. The lowest BCUT2D eigenvalue weighted by Gasteiger charge is -2.20. The maximum Gasteiger partial charge on any atom is 0.472 e. The van der Waals surface area contributed by atoms with Gasteiger partial charge in [-0.2, -0.15) is 0 Å². The largest absolute Gasteiger partial charge is 0.472 e. The molecule has 0 saturated heterocycles. The van der Waals surface area contributed by atoms with Crippen LogP contribution in [0, 0.1) is 0 Å². The van der Waals surface area contributed by atoms with Gasteiger partial charge in [-0.25, -0.2) is 4.57 Å². The molecule has 0 aliphatic carbocycles. The van der Waals surface area contributed by atoms with Crippen LogP contribution in [0.15, 0.2) is 122 Å². The minimum Gasteiger partial charge on any atom is -0.457 e. The highest BCUT2D eigenvalue weighted by Crippen LogP contribution is 2.43. The summed E-state index contributed by atoms with van der Waals surface area (Å²) >= 11 is 0. The zero-order valence-corrected chi connectivity index (χ0v) is 42.8. The molecule has 376 valence electrons. The third kappa shape index (κ3) is 51.9. The standard InChI is InChI=1S/C57H96NO7P/c1-3-5-7-9-11-13-15-17-19-21-23-25-26-27-28-29-31-33-35-37-39-41-43-45-47-49-52-62-54-56(55-64-66(60,61)63-53-51-58)65-57(59)50-48-46-44-42-40-38-36-34-32-30-24-22-20-18-16-14-12-10-8-6-4-2/h5-8,11-14,17-20,23-25,30,34,36,40,42,56H,3-4,9-10,15-16,21-22,26-29,31-33,35,37-39,41,43-55,58H2,1-2H3,(H,60,61)/b7-5-,8-6-,13-11-,14-12-,19-17-,20-18-,25-23-,30-24-,36-34-,42-40-. The molecule has 0 radical (unpaired) electrons. The summed E-state index contributed by atoms with van der Waals surface area (Å²) in [5.74, 6) is -0.376. The van der Waals surface area contributed by atoms with Crippen LogP contribution >= 0.6 is 7.82 Å². The Hall–Kier alpha value is -3.10. The summed E-state index contributed by atoms with van der Waals surface area (Å²) < 4.78 is 33.6. The molecule has 2 unspecified atom stereocenters. The molecular weight excluding hydrogens is 842 g/mol. The van der Waals surface area contributed by atoms with Crippen LogP contribution in [0.1, 0.15) is 194 Å². The fourth-order valence-corrected chi connectivity index (χ4v) is 7.40. The van der Waals surface area contributed by atoms with Gasteiger partial charge in [0.2, 0.25) is 0 Å². The molecule has 0 aromatic rings. The van der Waals surface area contributed by atoms with Crippen molar-refractivity contribution in [1.82, 2.24) is 0 Å². The topological polar surface area (TPSA) is 117 Å². The number of hydrogen-bond acceptors (Lipinski definition) is 7. The monoisotopic (exact) mass is 938 g/mol. The molecule has 0 amide bonds. The molecule has 0 fully saturated rings. The normalized spacial score (nSPS) is 14.3. The number of allylic oxidation sites excluding steroid dienone is 20. The summed E-state index contributed by atoms with van der Waals surface area (Å²) in [4.78, 5) is 22.6. The Labute approximate surface area is 405 Å². The number of carbonyl (C=O) groups excluding carboxylic acids is 1. The summed E-state index contributed by atoms with van der Waals surface area (Å²) in [5.41, 5.74) is 5.39. The number of phosphoric ester groups is 1. The van der Waals surface area contributed by atoms with Gasteiger partial charge in [0, 0.05) is 19.6 Å². The second-order valence-electron chi connectivity index (χ2n) is 16.6. The van der Waals surface area contributed by atoms with Gasteiger partial charge in [0.05, 0.1) is 19.8 Å². The number of carbonyl (C=O) groups is 1. The van der Waals surface area contributed by atoms with Crippen molar-refractivity contribution < 1.29 is 32.8 Å². The van der Waals surface area contributed by atoms with Crippen LogP contribution < -0.4 is 5.73 Å². The van der Waals surface area contributed by atoms with E-state index in [1.807, 2.05) is 0 Å². The minimum atomic E-state index is -4.31. The van der Waals surface area contributed by atoms with Crippen LogP contribution in [0.2, 0.25) is 0 Å². The average molecular weight is 938 g/mol. The first-order chi connectivity index (χ1) is 32.4. The molecule has 0 saturated carbocycles. The summed E-state index contributed by atoms with van der Waals surface area (Å²) in [6, 6.07) is 0. The van der Waals surface area contributed by atoms with Gasteiger partial charge < -0.3 is 20.1 Å². The Bertz CT molecular complexity index is 1420. The van der Waals surface area contributed by atoms with E-state index in [-0.39, 0.29) is 38.8 Å². The Morgan fingerprint density at radius 2 is 0.803 bits per heavy atom. The lowest BCUT2D eigenvalue weighted by Crippen LogP contribution is -2.28. The van der Waals surface area contributed by atoms with Crippen molar-refractivity contribution in [1.29, 1.82) is 0 Å². The number of unbranched alkanes of at least 4 members (excludes halogenated alkanes) is 15. The number of ether oxygens (including phenoxy) is 2. The first-order valence-corrected chi connectivity index (χ1v) is 27.5.